The Morgan fingerprint density at radius 3 is 2.91 bits per heavy atom. The van der Waals surface area contributed by atoms with E-state index in [1.807, 2.05) is 31.2 Å². The number of hydrogen-bond acceptors (Lipinski definition) is 5. The summed E-state index contributed by atoms with van der Waals surface area (Å²) in [5, 5.41) is 5.00. The van der Waals surface area contributed by atoms with Crippen LogP contribution in [0.25, 0.3) is 0 Å². The largest absolute Gasteiger partial charge is 0.376 e. The molecule has 0 bridgehead atoms. The molecule has 1 aliphatic rings. The molecule has 1 aromatic carbocycles. The fourth-order valence-corrected chi connectivity index (χ4v) is 4.22. The van der Waals surface area contributed by atoms with Crippen molar-refractivity contribution in [3.05, 3.63) is 46.5 Å². The van der Waals surface area contributed by atoms with Crippen molar-refractivity contribution in [3.63, 3.8) is 0 Å². The summed E-state index contributed by atoms with van der Waals surface area (Å²) in [6.45, 7) is 3.41. The van der Waals surface area contributed by atoms with Gasteiger partial charge in [0.15, 0.2) is 0 Å². The van der Waals surface area contributed by atoms with Gasteiger partial charge in [0, 0.05) is 35.5 Å². The van der Waals surface area contributed by atoms with Crippen LogP contribution >= 0.6 is 23.1 Å². The SMILES string of the molecule is Cc1csc(SCc2ccc(C(=O)NCC3CCCO3)cc2)n1. The van der Waals surface area contributed by atoms with Crippen LogP contribution in [0.4, 0.5) is 0 Å². The molecule has 3 rings (SSSR count). The number of ether oxygens (including phenoxy) is 1. The first-order chi connectivity index (χ1) is 11.2. The van der Waals surface area contributed by atoms with E-state index in [2.05, 4.69) is 15.7 Å². The van der Waals surface area contributed by atoms with Crippen molar-refractivity contribution in [2.75, 3.05) is 13.2 Å². The summed E-state index contributed by atoms with van der Waals surface area (Å²) in [6, 6.07) is 7.78. The van der Waals surface area contributed by atoms with Gasteiger partial charge in [0.25, 0.3) is 5.91 Å². The molecular weight excluding hydrogens is 328 g/mol. The van der Waals surface area contributed by atoms with Crippen molar-refractivity contribution in [3.8, 4) is 0 Å². The van der Waals surface area contributed by atoms with Crippen LogP contribution < -0.4 is 5.32 Å². The molecule has 1 N–H and O–H groups in total. The average Bonchev–Trinajstić information content (AvgIpc) is 3.22. The maximum atomic E-state index is 12.1. The van der Waals surface area contributed by atoms with Crippen LogP contribution in [0.2, 0.25) is 0 Å². The third-order valence-corrected chi connectivity index (χ3v) is 5.90. The predicted octanol–water partition coefficient (Wildman–Crippen LogP) is 3.65. The maximum Gasteiger partial charge on any atom is 0.251 e. The molecule has 1 aliphatic heterocycles. The van der Waals surface area contributed by atoms with Crippen molar-refractivity contribution in [2.45, 2.75) is 36.0 Å². The molecule has 0 aliphatic carbocycles. The minimum absolute atomic E-state index is 0.0322. The summed E-state index contributed by atoms with van der Waals surface area (Å²) >= 11 is 3.40. The van der Waals surface area contributed by atoms with Gasteiger partial charge in [-0.3, -0.25) is 4.79 Å². The number of nitrogens with zero attached hydrogens (tertiary/aromatic N) is 1. The highest BCUT2D eigenvalue weighted by Gasteiger charge is 2.16. The standard InChI is InChI=1S/C17H20N2O2S2/c1-12-10-22-17(19-12)23-11-13-4-6-14(7-5-13)16(20)18-9-15-3-2-8-21-15/h4-7,10,15H,2-3,8-9,11H2,1H3,(H,18,20). The number of nitrogens with one attached hydrogen (secondary N) is 1. The highest BCUT2D eigenvalue weighted by atomic mass is 32.2. The zero-order valence-corrected chi connectivity index (χ0v) is 14.7. The topological polar surface area (TPSA) is 51.2 Å². The highest BCUT2D eigenvalue weighted by Crippen LogP contribution is 2.26. The average molecular weight is 348 g/mol. The van der Waals surface area contributed by atoms with Crippen LogP contribution in [0.5, 0.6) is 0 Å². The predicted molar refractivity (Wildman–Crippen MR) is 94.2 cm³/mol. The summed E-state index contributed by atoms with van der Waals surface area (Å²) in [5.41, 5.74) is 2.95. The number of benzene rings is 1. The van der Waals surface area contributed by atoms with Crippen LogP contribution in [-0.4, -0.2) is 30.1 Å². The monoisotopic (exact) mass is 348 g/mol. The number of carbonyl (C=O) groups excluding carboxylic acids is 1. The lowest BCUT2D eigenvalue weighted by Gasteiger charge is -2.11. The van der Waals surface area contributed by atoms with E-state index in [1.54, 1.807) is 23.1 Å². The Bertz CT molecular complexity index is 649. The van der Waals surface area contributed by atoms with Gasteiger partial charge < -0.3 is 10.1 Å². The molecule has 0 spiro atoms. The summed E-state index contributed by atoms with van der Waals surface area (Å²) in [7, 11) is 0. The molecule has 1 saturated heterocycles. The molecular formula is C17H20N2O2S2. The summed E-state index contributed by atoms with van der Waals surface area (Å²) in [4.78, 5) is 16.6. The van der Waals surface area contributed by atoms with Gasteiger partial charge in [0.2, 0.25) is 0 Å². The third kappa shape index (κ3) is 4.80. The number of thiazole rings is 1. The van der Waals surface area contributed by atoms with Crippen molar-refractivity contribution in [1.82, 2.24) is 10.3 Å². The van der Waals surface area contributed by atoms with E-state index in [0.29, 0.717) is 12.1 Å². The molecule has 1 atom stereocenters. The van der Waals surface area contributed by atoms with Crippen LogP contribution in [-0.2, 0) is 10.5 Å². The fraction of sp³-hybridized carbons (Fsp3) is 0.412. The van der Waals surface area contributed by atoms with Crippen LogP contribution in [0.1, 0.15) is 34.5 Å². The second kappa shape index (κ2) is 7.95. The second-order valence-electron chi connectivity index (χ2n) is 5.59. The molecule has 1 amide bonds. The van der Waals surface area contributed by atoms with E-state index in [9.17, 15) is 4.79 Å². The van der Waals surface area contributed by atoms with E-state index >= 15 is 0 Å². The third-order valence-electron chi connectivity index (χ3n) is 3.69. The molecule has 4 nitrogen and oxygen atoms in total. The van der Waals surface area contributed by atoms with E-state index in [-0.39, 0.29) is 12.0 Å². The minimum atomic E-state index is -0.0322. The first kappa shape index (κ1) is 16.5. The van der Waals surface area contributed by atoms with E-state index in [0.717, 1.165) is 35.2 Å². The minimum Gasteiger partial charge on any atom is -0.376 e. The molecule has 2 heterocycles. The van der Waals surface area contributed by atoms with Crippen molar-refractivity contribution >= 4 is 29.0 Å². The van der Waals surface area contributed by atoms with Gasteiger partial charge in [-0.05, 0) is 37.5 Å². The van der Waals surface area contributed by atoms with Gasteiger partial charge in [-0.15, -0.1) is 11.3 Å². The number of thioether (sulfide) groups is 1. The highest BCUT2D eigenvalue weighted by molar-refractivity contribution is 8.00. The molecule has 1 fully saturated rings. The molecule has 6 heteroatoms. The Morgan fingerprint density at radius 1 is 1.43 bits per heavy atom. The van der Waals surface area contributed by atoms with Crippen molar-refractivity contribution in [1.29, 1.82) is 0 Å². The summed E-state index contributed by atoms with van der Waals surface area (Å²) in [5.74, 6) is 0.834. The van der Waals surface area contributed by atoms with Crippen molar-refractivity contribution in [2.24, 2.45) is 0 Å². The lowest BCUT2D eigenvalue weighted by atomic mass is 10.1. The quantitative estimate of drug-likeness (QED) is 0.810. The molecule has 2 aromatic rings. The Hall–Kier alpha value is -1.37. The zero-order valence-electron chi connectivity index (χ0n) is 13.1. The number of rotatable bonds is 6. The first-order valence-corrected chi connectivity index (χ1v) is 9.61. The van der Waals surface area contributed by atoms with E-state index < -0.39 is 0 Å². The lowest BCUT2D eigenvalue weighted by Crippen LogP contribution is -2.31. The number of aromatic nitrogens is 1. The maximum absolute atomic E-state index is 12.1. The molecule has 1 aromatic heterocycles. The van der Waals surface area contributed by atoms with Crippen LogP contribution in [0.3, 0.4) is 0 Å². The molecule has 0 radical (unpaired) electrons. The first-order valence-electron chi connectivity index (χ1n) is 7.74. The smallest absolute Gasteiger partial charge is 0.251 e. The zero-order chi connectivity index (χ0) is 16.1. The van der Waals surface area contributed by atoms with Gasteiger partial charge in [-0.2, -0.15) is 0 Å². The molecule has 1 unspecified atom stereocenters. The van der Waals surface area contributed by atoms with Gasteiger partial charge in [-0.25, -0.2) is 4.98 Å². The Morgan fingerprint density at radius 2 is 2.26 bits per heavy atom. The number of amides is 1. The van der Waals surface area contributed by atoms with Gasteiger partial charge >= 0.3 is 0 Å². The van der Waals surface area contributed by atoms with Crippen LogP contribution in [0, 0.1) is 6.92 Å². The Labute approximate surface area is 144 Å². The normalized spacial score (nSPS) is 17.3. The number of hydrogen-bond donors (Lipinski definition) is 1. The molecule has 23 heavy (non-hydrogen) atoms. The van der Waals surface area contributed by atoms with Crippen molar-refractivity contribution < 1.29 is 9.53 Å². The van der Waals surface area contributed by atoms with E-state index in [4.69, 9.17) is 4.74 Å². The van der Waals surface area contributed by atoms with Crippen LogP contribution in [0.15, 0.2) is 34.0 Å². The lowest BCUT2D eigenvalue weighted by molar-refractivity contribution is 0.0858. The summed E-state index contributed by atoms with van der Waals surface area (Å²) in [6.07, 6.45) is 2.30. The Kier molecular flexibility index (Phi) is 5.70. The fourth-order valence-electron chi connectivity index (χ4n) is 2.41. The Balaban J connectivity index is 1.48. The molecule has 122 valence electrons. The second-order valence-corrected chi connectivity index (χ2v) is 7.67. The summed E-state index contributed by atoms with van der Waals surface area (Å²) < 4.78 is 6.60. The number of aryl methyl sites for hydroxylation is 1. The van der Waals surface area contributed by atoms with Gasteiger partial charge in [0.1, 0.15) is 4.34 Å². The van der Waals surface area contributed by atoms with Gasteiger partial charge in [0.05, 0.1) is 6.10 Å². The number of carbonyl (C=O) groups is 1. The van der Waals surface area contributed by atoms with E-state index in [1.165, 1.54) is 5.56 Å². The molecule has 0 saturated carbocycles. The van der Waals surface area contributed by atoms with Gasteiger partial charge in [-0.1, -0.05) is 23.9 Å².